The van der Waals surface area contributed by atoms with Gasteiger partial charge in [0, 0.05) is 37.7 Å². The zero-order valence-corrected chi connectivity index (χ0v) is 16.2. The highest BCUT2D eigenvalue weighted by atomic mass is 32.2. The number of sulfonamides is 1. The third kappa shape index (κ3) is 3.74. The number of esters is 1. The van der Waals surface area contributed by atoms with Crippen molar-refractivity contribution in [2.45, 2.75) is 38.8 Å². The summed E-state index contributed by atoms with van der Waals surface area (Å²) in [6.45, 7) is 3.83. The number of hydrogen-bond acceptors (Lipinski definition) is 6. The lowest BCUT2D eigenvalue weighted by Crippen LogP contribution is -2.50. The number of nitrogens with zero attached hydrogens (tertiary/aromatic N) is 2. The summed E-state index contributed by atoms with van der Waals surface area (Å²) in [4.78, 5) is 29.1. The molecule has 8 nitrogen and oxygen atoms in total. The molecule has 27 heavy (non-hydrogen) atoms. The van der Waals surface area contributed by atoms with E-state index in [-0.39, 0.29) is 49.7 Å². The van der Waals surface area contributed by atoms with Gasteiger partial charge in [-0.15, -0.1) is 0 Å². The predicted octanol–water partition coefficient (Wildman–Crippen LogP) is 0.755. The number of ether oxygens (including phenoxy) is 1. The number of hydrogen-bond donors (Lipinski definition) is 1. The first-order valence-electron chi connectivity index (χ1n) is 8.90. The van der Waals surface area contributed by atoms with Crippen molar-refractivity contribution in [1.29, 1.82) is 0 Å². The van der Waals surface area contributed by atoms with Gasteiger partial charge in [0.05, 0.1) is 23.6 Å². The van der Waals surface area contributed by atoms with E-state index in [4.69, 9.17) is 4.74 Å². The van der Waals surface area contributed by atoms with Gasteiger partial charge in [0.1, 0.15) is 5.60 Å². The van der Waals surface area contributed by atoms with Gasteiger partial charge in [0.15, 0.2) is 0 Å². The Morgan fingerprint density at radius 3 is 2.63 bits per heavy atom. The van der Waals surface area contributed by atoms with E-state index in [0.717, 1.165) is 0 Å². The maximum Gasteiger partial charge on any atom is 0.335 e. The van der Waals surface area contributed by atoms with E-state index in [9.17, 15) is 18.0 Å². The number of piperidine rings is 1. The van der Waals surface area contributed by atoms with Crippen molar-refractivity contribution in [3.8, 4) is 0 Å². The second kappa shape index (κ2) is 7.40. The molecule has 9 heteroatoms. The van der Waals surface area contributed by atoms with Gasteiger partial charge in [-0.3, -0.25) is 9.78 Å². The fraction of sp³-hybridized carbons (Fsp3) is 0.500. The summed E-state index contributed by atoms with van der Waals surface area (Å²) in [6.07, 6.45) is 2.17. The van der Waals surface area contributed by atoms with E-state index < -0.39 is 21.6 Å². The van der Waals surface area contributed by atoms with E-state index in [1.807, 2.05) is 6.07 Å². The van der Waals surface area contributed by atoms with Crippen LogP contribution in [0.4, 0.5) is 0 Å². The molecule has 1 aromatic heterocycles. The lowest BCUT2D eigenvalue weighted by atomic mass is 9.83. The third-order valence-electron chi connectivity index (χ3n) is 5.10. The van der Waals surface area contributed by atoms with Gasteiger partial charge in [-0.25, -0.2) is 17.5 Å². The highest BCUT2D eigenvalue weighted by Gasteiger charge is 2.51. The standard InChI is InChI=1S/C18H23N3O5S/c1-3-27(24,25)21-10-7-18(8-11-21)15(13(2)17(23)26-18)16(22)20-12-14-6-4-5-9-19-14/h4-6,9H,3,7-8,10-12H2,1-2H3,(H,20,22). The summed E-state index contributed by atoms with van der Waals surface area (Å²) in [5, 5.41) is 2.79. The summed E-state index contributed by atoms with van der Waals surface area (Å²) < 4.78 is 31.1. The van der Waals surface area contributed by atoms with Crippen molar-refractivity contribution in [3.05, 3.63) is 41.2 Å². The van der Waals surface area contributed by atoms with Crippen LogP contribution in [0.2, 0.25) is 0 Å². The summed E-state index contributed by atoms with van der Waals surface area (Å²) >= 11 is 0. The number of carbonyl (C=O) groups is 2. The molecule has 3 rings (SSSR count). The second-order valence-electron chi connectivity index (χ2n) is 6.69. The second-order valence-corrected chi connectivity index (χ2v) is 8.94. The zero-order valence-electron chi connectivity index (χ0n) is 15.4. The Kier molecular flexibility index (Phi) is 5.34. The van der Waals surface area contributed by atoms with Crippen LogP contribution in [0.3, 0.4) is 0 Å². The number of amides is 1. The van der Waals surface area contributed by atoms with Crippen molar-refractivity contribution in [2.75, 3.05) is 18.8 Å². The van der Waals surface area contributed by atoms with Crippen LogP contribution in [0.15, 0.2) is 35.5 Å². The predicted molar refractivity (Wildman–Crippen MR) is 97.9 cm³/mol. The number of rotatable bonds is 5. The van der Waals surface area contributed by atoms with Crippen LogP contribution < -0.4 is 5.32 Å². The summed E-state index contributed by atoms with van der Waals surface area (Å²) in [5.74, 6) is -0.882. The Morgan fingerprint density at radius 1 is 1.33 bits per heavy atom. The molecule has 0 radical (unpaired) electrons. The molecule has 1 spiro atoms. The molecule has 1 N–H and O–H groups in total. The lowest BCUT2D eigenvalue weighted by molar-refractivity contribution is -0.150. The van der Waals surface area contributed by atoms with Crippen molar-refractivity contribution in [2.24, 2.45) is 0 Å². The van der Waals surface area contributed by atoms with Crippen LogP contribution in [0.1, 0.15) is 32.4 Å². The lowest BCUT2D eigenvalue weighted by Gasteiger charge is -2.38. The zero-order chi connectivity index (χ0) is 19.7. The average Bonchev–Trinajstić information content (AvgIpc) is 2.90. The molecule has 0 saturated carbocycles. The Hall–Kier alpha value is -2.26. The maximum atomic E-state index is 12.8. The molecule has 3 heterocycles. The summed E-state index contributed by atoms with van der Waals surface area (Å²) in [5.41, 5.74) is 0.222. The molecular formula is C18H23N3O5S. The molecule has 0 aromatic carbocycles. The van der Waals surface area contributed by atoms with Crippen LogP contribution in [0, 0.1) is 0 Å². The fourth-order valence-corrected chi connectivity index (χ4v) is 4.65. The number of nitrogens with one attached hydrogen (secondary N) is 1. The molecule has 2 aliphatic heterocycles. The summed E-state index contributed by atoms with van der Waals surface area (Å²) in [6, 6.07) is 5.41. The van der Waals surface area contributed by atoms with Crippen LogP contribution in [0.5, 0.6) is 0 Å². The molecule has 1 aromatic rings. The molecule has 1 amide bonds. The Morgan fingerprint density at radius 2 is 2.04 bits per heavy atom. The molecule has 1 saturated heterocycles. The quantitative estimate of drug-likeness (QED) is 0.740. The maximum absolute atomic E-state index is 12.8. The van der Waals surface area contributed by atoms with Crippen molar-refractivity contribution in [1.82, 2.24) is 14.6 Å². The van der Waals surface area contributed by atoms with Gasteiger partial charge in [-0.2, -0.15) is 0 Å². The molecule has 0 aliphatic carbocycles. The van der Waals surface area contributed by atoms with Crippen LogP contribution in [-0.2, 0) is 30.9 Å². The highest BCUT2D eigenvalue weighted by molar-refractivity contribution is 7.89. The SMILES string of the molecule is CCS(=O)(=O)N1CCC2(CC1)OC(=O)C(C)=C2C(=O)NCc1ccccn1. The monoisotopic (exact) mass is 393 g/mol. The van der Waals surface area contributed by atoms with E-state index in [0.29, 0.717) is 11.3 Å². The molecule has 1 fully saturated rings. The van der Waals surface area contributed by atoms with E-state index in [2.05, 4.69) is 10.3 Å². The fourth-order valence-electron chi connectivity index (χ4n) is 3.55. The topological polar surface area (TPSA) is 106 Å². The third-order valence-corrected chi connectivity index (χ3v) is 6.98. The molecule has 146 valence electrons. The number of aromatic nitrogens is 1. The van der Waals surface area contributed by atoms with Gasteiger partial charge in [-0.05, 0) is 26.0 Å². The van der Waals surface area contributed by atoms with Crippen molar-refractivity contribution >= 4 is 21.9 Å². The smallest absolute Gasteiger partial charge is 0.335 e. The number of carbonyl (C=O) groups excluding carboxylic acids is 2. The van der Waals surface area contributed by atoms with Gasteiger partial charge in [-0.1, -0.05) is 6.07 Å². The molecule has 0 unspecified atom stereocenters. The Labute approximate surface area is 158 Å². The normalized spacial score (nSPS) is 20.0. The first-order chi connectivity index (χ1) is 12.8. The molecule has 0 atom stereocenters. The Balaban J connectivity index is 1.76. The Bertz CT molecular complexity index is 872. The summed E-state index contributed by atoms with van der Waals surface area (Å²) in [7, 11) is -3.31. The molecule has 0 bridgehead atoms. The first kappa shape index (κ1) is 19.5. The first-order valence-corrected chi connectivity index (χ1v) is 10.5. The largest absolute Gasteiger partial charge is 0.450 e. The molecule has 2 aliphatic rings. The van der Waals surface area contributed by atoms with Crippen molar-refractivity contribution in [3.63, 3.8) is 0 Å². The van der Waals surface area contributed by atoms with Gasteiger partial charge in [0.25, 0.3) is 5.91 Å². The number of pyridine rings is 1. The molecular weight excluding hydrogens is 370 g/mol. The minimum absolute atomic E-state index is 0.0199. The highest BCUT2D eigenvalue weighted by Crippen LogP contribution is 2.41. The average molecular weight is 393 g/mol. The van der Waals surface area contributed by atoms with E-state index >= 15 is 0 Å². The minimum atomic E-state index is -3.31. The van der Waals surface area contributed by atoms with E-state index in [1.54, 1.807) is 32.2 Å². The van der Waals surface area contributed by atoms with Crippen molar-refractivity contribution < 1.29 is 22.7 Å². The van der Waals surface area contributed by atoms with Crippen LogP contribution in [-0.4, -0.2) is 54.0 Å². The van der Waals surface area contributed by atoms with Gasteiger partial charge >= 0.3 is 5.97 Å². The van der Waals surface area contributed by atoms with E-state index in [1.165, 1.54) is 4.31 Å². The van der Waals surface area contributed by atoms with Gasteiger partial charge in [0.2, 0.25) is 10.0 Å². The van der Waals surface area contributed by atoms with Crippen LogP contribution >= 0.6 is 0 Å². The minimum Gasteiger partial charge on any atom is -0.450 e. The van der Waals surface area contributed by atoms with Gasteiger partial charge < -0.3 is 10.1 Å². The van der Waals surface area contributed by atoms with Crippen LogP contribution in [0.25, 0.3) is 0 Å².